The summed E-state index contributed by atoms with van der Waals surface area (Å²) in [7, 11) is 0. The average Bonchev–Trinajstić information content (AvgIpc) is 2.64. The molecule has 0 amide bonds. The van der Waals surface area contributed by atoms with E-state index in [1.165, 1.54) is 0 Å². The molecule has 1 fully saturated rings. The lowest BCUT2D eigenvalue weighted by molar-refractivity contribution is -0.139. The second kappa shape index (κ2) is 2.85. The smallest absolute Gasteiger partial charge is 0.324 e. The van der Waals surface area contributed by atoms with Crippen LogP contribution in [-0.4, -0.2) is 21.2 Å². The lowest BCUT2D eigenvalue weighted by Gasteiger charge is -2.08. The Hall–Kier alpha value is -1.29. The van der Waals surface area contributed by atoms with Gasteiger partial charge in [0.15, 0.2) is 0 Å². The van der Waals surface area contributed by atoms with Gasteiger partial charge in [-0.15, -0.1) is 0 Å². The van der Waals surface area contributed by atoms with Gasteiger partial charge in [0, 0.05) is 24.4 Å². The molecule has 1 aromatic heterocycles. The summed E-state index contributed by atoms with van der Waals surface area (Å²) in [5.41, 5.74) is 5.75. The van der Waals surface area contributed by atoms with Crippen LogP contribution in [-0.2, 0) is 11.3 Å². The van der Waals surface area contributed by atoms with Crippen LogP contribution in [0.3, 0.4) is 0 Å². The Labute approximate surface area is 82.3 Å². The maximum atomic E-state index is 10.9. The first-order chi connectivity index (χ1) is 6.59. The highest BCUT2D eigenvalue weighted by Gasteiger charge is 2.59. The number of nitrogens with zero attached hydrogens (tertiary/aromatic N) is 1. The van der Waals surface area contributed by atoms with Gasteiger partial charge in [0.2, 0.25) is 0 Å². The number of aromatic nitrogens is 1. The highest BCUT2D eigenvalue weighted by atomic mass is 16.4. The summed E-state index contributed by atoms with van der Waals surface area (Å²) >= 11 is 0. The van der Waals surface area contributed by atoms with Crippen LogP contribution >= 0.6 is 0 Å². The minimum atomic E-state index is -1.02. The van der Waals surface area contributed by atoms with Gasteiger partial charge in [0.25, 0.3) is 0 Å². The van der Waals surface area contributed by atoms with E-state index in [9.17, 15) is 4.79 Å². The molecule has 0 saturated heterocycles. The fraction of sp³-hybridized carbons (Fsp3) is 0.500. The number of hydrogen-bond acceptors (Lipinski definition) is 2. The number of carboxylic acids is 1. The molecule has 2 unspecified atom stereocenters. The maximum Gasteiger partial charge on any atom is 0.324 e. The van der Waals surface area contributed by atoms with Gasteiger partial charge in [-0.2, -0.15) is 0 Å². The second-order valence-electron chi connectivity index (χ2n) is 3.82. The summed E-state index contributed by atoms with van der Waals surface area (Å²) in [4.78, 5) is 10.9. The van der Waals surface area contributed by atoms with E-state index in [2.05, 4.69) is 0 Å². The van der Waals surface area contributed by atoms with Crippen molar-refractivity contribution in [3.05, 3.63) is 24.0 Å². The van der Waals surface area contributed by atoms with Gasteiger partial charge in [0.1, 0.15) is 5.54 Å². The zero-order chi connectivity index (χ0) is 10.3. The Morgan fingerprint density at radius 2 is 2.57 bits per heavy atom. The third-order valence-corrected chi connectivity index (χ3v) is 2.96. The predicted octanol–water partition coefficient (Wildman–Crippen LogP) is 0.777. The fourth-order valence-corrected chi connectivity index (χ4v) is 1.92. The van der Waals surface area contributed by atoms with Crippen molar-refractivity contribution in [2.75, 3.05) is 0 Å². The van der Waals surface area contributed by atoms with Gasteiger partial charge >= 0.3 is 5.97 Å². The van der Waals surface area contributed by atoms with E-state index in [0.29, 0.717) is 6.42 Å². The standard InChI is InChI=1S/C10H14N2O2/c1-2-12-5-3-4-8(12)7-6-10(7,11)9(13)14/h3-5,7H,2,6,11H2,1H3,(H,13,14). The molecule has 4 nitrogen and oxygen atoms in total. The monoisotopic (exact) mass is 194 g/mol. The number of hydrogen-bond donors (Lipinski definition) is 2. The SMILES string of the molecule is CCn1cccc1C1CC1(N)C(=O)O. The van der Waals surface area contributed by atoms with Crippen molar-refractivity contribution in [2.24, 2.45) is 5.73 Å². The molecular formula is C10H14N2O2. The Morgan fingerprint density at radius 1 is 1.86 bits per heavy atom. The first-order valence-electron chi connectivity index (χ1n) is 4.77. The highest BCUT2D eigenvalue weighted by Crippen LogP contribution is 2.49. The molecular weight excluding hydrogens is 180 g/mol. The molecule has 2 atom stereocenters. The fourth-order valence-electron chi connectivity index (χ4n) is 1.92. The number of carboxylic acid groups (broad SMARTS) is 1. The van der Waals surface area contributed by atoms with E-state index in [0.717, 1.165) is 12.2 Å². The van der Waals surface area contributed by atoms with E-state index in [1.54, 1.807) is 0 Å². The summed E-state index contributed by atoms with van der Waals surface area (Å²) in [6.07, 6.45) is 2.50. The first kappa shape index (κ1) is 9.27. The third kappa shape index (κ3) is 1.14. The minimum Gasteiger partial charge on any atom is -0.480 e. The van der Waals surface area contributed by atoms with Crippen LogP contribution in [0.15, 0.2) is 18.3 Å². The molecule has 1 aliphatic rings. The topological polar surface area (TPSA) is 68.2 Å². The molecule has 0 spiro atoms. The molecule has 0 aromatic carbocycles. The number of carbonyl (C=O) groups is 1. The highest BCUT2D eigenvalue weighted by molar-refractivity contribution is 5.84. The molecule has 1 aromatic rings. The van der Waals surface area contributed by atoms with E-state index in [1.807, 2.05) is 29.8 Å². The summed E-state index contributed by atoms with van der Waals surface area (Å²) in [5, 5.41) is 8.91. The quantitative estimate of drug-likeness (QED) is 0.747. The van der Waals surface area contributed by atoms with Gasteiger partial charge < -0.3 is 15.4 Å². The molecule has 1 aliphatic carbocycles. The lowest BCUT2D eigenvalue weighted by atomic mass is 10.2. The van der Waals surface area contributed by atoms with Gasteiger partial charge in [0.05, 0.1) is 0 Å². The Bertz CT molecular complexity index is 372. The van der Waals surface area contributed by atoms with Crippen molar-refractivity contribution in [1.29, 1.82) is 0 Å². The molecule has 14 heavy (non-hydrogen) atoms. The van der Waals surface area contributed by atoms with Gasteiger partial charge in [-0.1, -0.05) is 0 Å². The van der Waals surface area contributed by atoms with E-state index < -0.39 is 11.5 Å². The van der Waals surface area contributed by atoms with Crippen LogP contribution in [0.25, 0.3) is 0 Å². The van der Waals surface area contributed by atoms with Crippen molar-refractivity contribution >= 4 is 5.97 Å². The van der Waals surface area contributed by atoms with Crippen LogP contribution in [0, 0.1) is 0 Å². The van der Waals surface area contributed by atoms with Crippen molar-refractivity contribution < 1.29 is 9.90 Å². The number of aliphatic carboxylic acids is 1. The van der Waals surface area contributed by atoms with Crippen LogP contribution in [0.4, 0.5) is 0 Å². The predicted molar refractivity (Wildman–Crippen MR) is 52.0 cm³/mol. The Balaban J connectivity index is 2.24. The summed E-state index contributed by atoms with van der Waals surface area (Å²) in [5.74, 6) is -0.915. The second-order valence-corrected chi connectivity index (χ2v) is 3.82. The van der Waals surface area contributed by atoms with E-state index in [4.69, 9.17) is 10.8 Å². The molecule has 2 rings (SSSR count). The number of aryl methyl sites for hydroxylation is 1. The minimum absolute atomic E-state index is 0.0186. The molecule has 0 radical (unpaired) electrons. The van der Waals surface area contributed by atoms with Crippen LogP contribution in [0.5, 0.6) is 0 Å². The molecule has 0 aliphatic heterocycles. The first-order valence-corrected chi connectivity index (χ1v) is 4.77. The molecule has 0 bridgehead atoms. The van der Waals surface area contributed by atoms with Crippen LogP contribution in [0.1, 0.15) is 25.0 Å². The van der Waals surface area contributed by atoms with Crippen LogP contribution < -0.4 is 5.73 Å². The molecule has 3 N–H and O–H groups in total. The summed E-state index contributed by atoms with van der Waals surface area (Å²) in [6, 6.07) is 3.88. The zero-order valence-electron chi connectivity index (χ0n) is 8.10. The molecule has 1 saturated carbocycles. The average molecular weight is 194 g/mol. The van der Waals surface area contributed by atoms with Gasteiger partial charge in [-0.25, -0.2) is 0 Å². The third-order valence-electron chi connectivity index (χ3n) is 2.96. The van der Waals surface area contributed by atoms with Crippen molar-refractivity contribution in [3.63, 3.8) is 0 Å². The number of nitrogens with two attached hydrogens (primary N) is 1. The zero-order valence-corrected chi connectivity index (χ0v) is 8.10. The summed E-state index contributed by atoms with van der Waals surface area (Å²) in [6.45, 7) is 2.89. The molecule has 1 heterocycles. The largest absolute Gasteiger partial charge is 0.480 e. The molecule has 76 valence electrons. The molecule has 4 heteroatoms. The Kier molecular flexibility index (Phi) is 1.89. The van der Waals surface area contributed by atoms with E-state index in [-0.39, 0.29) is 5.92 Å². The summed E-state index contributed by atoms with van der Waals surface area (Å²) < 4.78 is 2.04. The maximum absolute atomic E-state index is 10.9. The number of rotatable bonds is 3. The van der Waals surface area contributed by atoms with Crippen molar-refractivity contribution in [3.8, 4) is 0 Å². The lowest BCUT2D eigenvalue weighted by Crippen LogP contribution is -2.34. The normalized spacial score (nSPS) is 30.3. The Morgan fingerprint density at radius 3 is 3.07 bits per heavy atom. The van der Waals surface area contributed by atoms with Gasteiger partial charge in [-0.05, 0) is 25.5 Å². The van der Waals surface area contributed by atoms with Gasteiger partial charge in [-0.3, -0.25) is 4.79 Å². The van der Waals surface area contributed by atoms with Crippen molar-refractivity contribution in [2.45, 2.75) is 31.3 Å². The van der Waals surface area contributed by atoms with E-state index >= 15 is 0 Å². The van der Waals surface area contributed by atoms with Crippen molar-refractivity contribution in [1.82, 2.24) is 4.57 Å². The van der Waals surface area contributed by atoms with Crippen LogP contribution in [0.2, 0.25) is 0 Å².